The summed E-state index contributed by atoms with van der Waals surface area (Å²) in [6, 6.07) is 8.46. The number of anilines is 1. The molecule has 0 spiro atoms. The molecule has 1 atom stereocenters. The molecule has 1 aromatic carbocycles. The zero-order valence-corrected chi connectivity index (χ0v) is 17.0. The van der Waals surface area contributed by atoms with Gasteiger partial charge >= 0.3 is 0 Å². The third kappa shape index (κ3) is 4.30. The van der Waals surface area contributed by atoms with Crippen LogP contribution in [0.25, 0.3) is 11.0 Å². The van der Waals surface area contributed by atoms with Crippen LogP contribution in [0, 0.1) is 0 Å². The molecule has 9 heteroatoms. The first-order valence-corrected chi connectivity index (χ1v) is 10.8. The van der Waals surface area contributed by atoms with Crippen LogP contribution < -0.4 is 10.0 Å². The molecular formula is C19H23N5O3S. The zero-order valence-electron chi connectivity index (χ0n) is 16.2. The molecule has 2 heterocycles. The first-order valence-electron chi connectivity index (χ1n) is 8.86. The van der Waals surface area contributed by atoms with Crippen LogP contribution in [0.5, 0.6) is 0 Å². The SMILES string of the molecule is CC(C)n1ncc2cc(C(=O)N[C@H](C)c3ccccc3NS(C)(=O)=O)cnc21. The van der Waals surface area contributed by atoms with Crippen LogP contribution >= 0.6 is 0 Å². The number of benzene rings is 1. The summed E-state index contributed by atoms with van der Waals surface area (Å²) in [6.45, 7) is 5.82. The van der Waals surface area contributed by atoms with Crippen LogP contribution in [-0.4, -0.2) is 35.3 Å². The van der Waals surface area contributed by atoms with Crippen molar-refractivity contribution in [3.63, 3.8) is 0 Å². The van der Waals surface area contributed by atoms with E-state index in [-0.39, 0.29) is 11.9 Å². The highest BCUT2D eigenvalue weighted by Crippen LogP contribution is 2.24. The number of nitrogens with one attached hydrogen (secondary N) is 2. The maximum Gasteiger partial charge on any atom is 0.253 e. The Kier molecular flexibility index (Phi) is 5.37. The summed E-state index contributed by atoms with van der Waals surface area (Å²) >= 11 is 0. The summed E-state index contributed by atoms with van der Waals surface area (Å²) in [5.74, 6) is -0.298. The molecule has 3 aromatic rings. The Hall–Kier alpha value is -2.94. The minimum absolute atomic E-state index is 0.170. The number of amides is 1. The molecule has 0 saturated heterocycles. The van der Waals surface area contributed by atoms with Crippen molar-refractivity contribution >= 4 is 32.7 Å². The van der Waals surface area contributed by atoms with E-state index in [0.29, 0.717) is 16.8 Å². The van der Waals surface area contributed by atoms with Gasteiger partial charge in [0, 0.05) is 17.6 Å². The highest BCUT2D eigenvalue weighted by atomic mass is 32.2. The average molecular weight is 401 g/mol. The number of hydrogen-bond donors (Lipinski definition) is 2. The topological polar surface area (TPSA) is 106 Å². The molecule has 0 fully saturated rings. The third-order valence-corrected chi connectivity index (χ3v) is 4.85. The van der Waals surface area contributed by atoms with Crippen molar-refractivity contribution in [3.8, 4) is 0 Å². The molecule has 0 aliphatic heterocycles. The number of hydrogen-bond acceptors (Lipinski definition) is 5. The highest BCUT2D eigenvalue weighted by Gasteiger charge is 2.17. The predicted octanol–water partition coefficient (Wildman–Crippen LogP) is 2.87. The summed E-state index contributed by atoms with van der Waals surface area (Å²) in [7, 11) is -3.42. The number of pyridine rings is 1. The minimum atomic E-state index is -3.42. The fraction of sp³-hybridized carbons (Fsp3) is 0.316. The lowest BCUT2D eigenvalue weighted by Gasteiger charge is -2.18. The molecule has 2 aromatic heterocycles. The summed E-state index contributed by atoms with van der Waals surface area (Å²) in [6.07, 6.45) is 4.30. The number of carbonyl (C=O) groups is 1. The predicted molar refractivity (Wildman–Crippen MR) is 109 cm³/mol. The van der Waals surface area contributed by atoms with Gasteiger partial charge in [-0.15, -0.1) is 0 Å². The van der Waals surface area contributed by atoms with Gasteiger partial charge in [0.2, 0.25) is 10.0 Å². The molecule has 3 rings (SSSR count). The number of rotatable bonds is 6. The van der Waals surface area contributed by atoms with Gasteiger partial charge in [-0.05, 0) is 38.5 Å². The van der Waals surface area contributed by atoms with E-state index in [9.17, 15) is 13.2 Å². The monoisotopic (exact) mass is 401 g/mol. The van der Waals surface area contributed by atoms with Crippen LogP contribution in [0.15, 0.2) is 42.7 Å². The second-order valence-corrected chi connectivity index (χ2v) is 8.72. The van der Waals surface area contributed by atoms with Crippen molar-refractivity contribution in [1.82, 2.24) is 20.1 Å². The van der Waals surface area contributed by atoms with E-state index in [1.807, 2.05) is 13.8 Å². The number of para-hydroxylation sites is 1. The number of carbonyl (C=O) groups excluding carboxylic acids is 1. The van der Waals surface area contributed by atoms with E-state index in [1.165, 1.54) is 6.20 Å². The number of fused-ring (bicyclic) bond motifs is 1. The molecule has 0 unspecified atom stereocenters. The fourth-order valence-electron chi connectivity index (χ4n) is 2.97. The maximum absolute atomic E-state index is 12.7. The van der Waals surface area contributed by atoms with Gasteiger partial charge in [0.05, 0.1) is 29.7 Å². The van der Waals surface area contributed by atoms with Gasteiger partial charge in [0.1, 0.15) is 0 Å². The Morgan fingerprint density at radius 1 is 1.14 bits per heavy atom. The molecule has 0 saturated carbocycles. The lowest BCUT2D eigenvalue weighted by atomic mass is 10.1. The van der Waals surface area contributed by atoms with E-state index < -0.39 is 16.1 Å². The number of nitrogens with zero attached hydrogens (tertiary/aromatic N) is 3. The Labute approximate surface area is 164 Å². The largest absolute Gasteiger partial charge is 0.345 e. The molecule has 0 aliphatic rings. The molecule has 28 heavy (non-hydrogen) atoms. The van der Waals surface area contributed by atoms with Gasteiger partial charge in [-0.1, -0.05) is 18.2 Å². The van der Waals surface area contributed by atoms with E-state index >= 15 is 0 Å². The van der Waals surface area contributed by atoms with Gasteiger partial charge in [-0.2, -0.15) is 5.10 Å². The molecule has 1 amide bonds. The molecule has 148 valence electrons. The second-order valence-electron chi connectivity index (χ2n) is 6.98. The van der Waals surface area contributed by atoms with Crippen LogP contribution in [0.1, 0.15) is 48.8 Å². The normalized spacial score (nSPS) is 12.9. The number of sulfonamides is 1. The minimum Gasteiger partial charge on any atom is -0.345 e. The van der Waals surface area contributed by atoms with Crippen molar-refractivity contribution in [2.24, 2.45) is 0 Å². The molecule has 0 bridgehead atoms. The maximum atomic E-state index is 12.7. The third-order valence-electron chi connectivity index (χ3n) is 4.25. The Balaban J connectivity index is 1.82. The first kappa shape index (κ1) is 19.8. The molecule has 0 aliphatic carbocycles. The van der Waals surface area contributed by atoms with Gasteiger partial charge in [-0.25, -0.2) is 18.1 Å². The Morgan fingerprint density at radius 3 is 2.54 bits per heavy atom. The van der Waals surface area contributed by atoms with E-state index in [1.54, 1.807) is 48.1 Å². The van der Waals surface area contributed by atoms with E-state index in [4.69, 9.17) is 0 Å². The van der Waals surface area contributed by atoms with E-state index in [2.05, 4.69) is 20.1 Å². The van der Waals surface area contributed by atoms with Gasteiger partial charge in [0.25, 0.3) is 5.91 Å². The van der Waals surface area contributed by atoms with Gasteiger partial charge in [-0.3, -0.25) is 9.52 Å². The van der Waals surface area contributed by atoms with Crippen molar-refractivity contribution in [1.29, 1.82) is 0 Å². The van der Waals surface area contributed by atoms with Crippen LogP contribution in [-0.2, 0) is 10.0 Å². The summed E-state index contributed by atoms with van der Waals surface area (Å²) < 4.78 is 27.4. The summed E-state index contributed by atoms with van der Waals surface area (Å²) in [5, 5.41) is 7.98. The number of aromatic nitrogens is 3. The van der Waals surface area contributed by atoms with Crippen molar-refractivity contribution in [2.75, 3.05) is 11.0 Å². The van der Waals surface area contributed by atoms with E-state index in [0.717, 1.165) is 17.3 Å². The average Bonchev–Trinajstić information content (AvgIpc) is 3.04. The van der Waals surface area contributed by atoms with Crippen molar-refractivity contribution < 1.29 is 13.2 Å². The Morgan fingerprint density at radius 2 is 1.86 bits per heavy atom. The Bertz CT molecular complexity index is 1120. The van der Waals surface area contributed by atoms with Gasteiger partial charge < -0.3 is 5.32 Å². The summed E-state index contributed by atoms with van der Waals surface area (Å²) in [5.41, 5.74) is 2.24. The standard InChI is InChI=1S/C19H23N5O3S/c1-12(2)24-18-14(11-21-24)9-15(10-20-18)19(25)22-13(3)16-7-5-6-8-17(16)23-28(4,26)27/h5-13,23H,1-4H3,(H,22,25)/t13-/m1/s1. The smallest absolute Gasteiger partial charge is 0.253 e. The molecule has 0 radical (unpaired) electrons. The lowest BCUT2D eigenvalue weighted by Crippen LogP contribution is -2.27. The molecule has 8 nitrogen and oxygen atoms in total. The van der Waals surface area contributed by atoms with Crippen LogP contribution in [0.3, 0.4) is 0 Å². The van der Waals surface area contributed by atoms with Crippen LogP contribution in [0.2, 0.25) is 0 Å². The van der Waals surface area contributed by atoms with Crippen molar-refractivity contribution in [3.05, 3.63) is 53.9 Å². The van der Waals surface area contributed by atoms with Crippen LogP contribution in [0.4, 0.5) is 5.69 Å². The highest BCUT2D eigenvalue weighted by molar-refractivity contribution is 7.92. The first-order chi connectivity index (χ1) is 13.2. The molecular weight excluding hydrogens is 378 g/mol. The second kappa shape index (κ2) is 7.59. The van der Waals surface area contributed by atoms with Gasteiger partial charge in [0.15, 0.2) is 5.65 Å². The van der Waals surface area contributed by atoms with Crippen molar-refractivity contribution in [2.45, 2.75) is 32.9 Å². The molecule has 2 N–H and O–H groups in total. The summed E-state index contributed by atoms with van der Waals surface area (Å²) in [4.78, 5) is 17.1. The zero-order chi connectivity index (χ0) is 20.5. The quantitative estimate of drug-likeness (QED) is 0.661. The lowest BCUT2D eigenvalue weighted by molar-refractivity contribution is 0.0940. The fourth-order valence-corrected chi connectivity index (χ4v) is 3.55.